The molecule has 0 spiro atoms. The number of pyridine rings is 1. The quantitative estimate of drug-likeness (QED) is 0.448. The Labute approximate surface area is 220 Å². The van der Waals surface area contributed by atoms with E-state index in [0.29, 0.717) is 22.8 Å². The van der Waals surface area contributed by atoms with Gasteiger partial charge in [-0.2, -0.15) is 18.2 Å². The van der Waals surface area contributed by atoms with Crippen LogP contribution < -0.4 is 20.9 Å². The zero-order valence-corrected chi connectivity index (χ0v) is 21.5. The number of hydrogen-bond acceptors (Lipinski definition) is 8. The molecule has 3 fully saturated rings. The van der Waals surface area contributed by atoms with Gasteiger partial charge >= 0.3 is 6.18 Å². The number of nitrogens with zero attached hydrogens (tertiary/aromatic N) is 6. The van der Waals surface area contributed by atoms with Crippen LogP contribution in [-0.4, -0.2) is 65.2 Å². The molecular formula is C27H33F3N8. The molecule has 2 saturated heterocycles. The molecule has 8 nitrogen and oxygen atoms in total. The summed E-state index contributed by atoms with van der Waals surface area (Å²) in [7, 11) is 0. The third-order valence-corrected chi connectivity index (χ3v) is 8.08. The number of nitrogen functional groups attached to an aromatic ring is 1. The monoisotopic (exact) mass is 526 g/mol. The van der Waals surface area contributed by atoms with E-state index in [4.69, 9.17) is 20.7 Å². The molecular weight excluding hydrogens is 493 g/mol. The highest BCUT2D eigenvalue weighted by atomic mass is 19.4. The van der Waals surface area contributed by atoms with Gasteiger partial charge in [-0.15, -0.1) is 0 Å². The predicted octanol–water partition coefficient (Wildman–Crippen LogP) is 4.68. The number of piperazine rings is 1. The lowest BCUT2D eigenvalue weighted by Crippen LogP contribution is -2.52. The van der Waals surface area contributed by atoms with Crippen LogP contribution in [0.15, 0.2) is 30.5 Å². The van der Waals surface area contributed by atoms with Crippen LogP contribution in [0.1, 0.15) is 49.8 Å². The van der Waals surface area contributed by atoms with E-state index in [-0.39, 0.29) is 5.69 Å². The van der Waals surface area contributed by atoms with Crippen molar-refractivity contribution in [2.24, 2.45) is 0 Å². The largest absolute Gasteiger partial charge is 0.416 e. The minimum absolute atomic E-state index is 0.0739. The Balaban J connectivity index is 1.30. The number of hydrogen-bond donors (Lipinski definition) is 2. The number of alkyl halides is 3. The fourth-order valence-corrected chi connectivity index (χ4v) is 5.40. The lowest BCUT2D eigenvalue weighted by molar-refractivity contribution is -0.137. The SMILES string of the molecule is CC(Nc1nc(N2CCC2)nc2cnc(N3CCN(C4CCC4)CC3)cc12)c1cc(N)cc(C(F)(F)F)c1. The third-order valence-electron chi connectivity index (χ3n) is 8.08. The van der Waals surface area contributed by atoms with Crippen molar-refractivity contribution < 1.29 is 13.2 Å². The van der Waals surface area contributed by atoms with Gasteiger partial charge in [0.25, 0.3) is 0 Å². The first kappa shape index (κ1) is 25.0. The normalized spacial score (nSPS) is 19.8. The topological polar surface area (TPSA) is 86.4 Å². The molecule has 0 amide bonds. The maximum absolute atomic E-state index is 13.4. The average molecular weight is 527 g/mol. The summed E-state index contributed by atoms with van der Waals surface area (Å²) >= 11 is 0. The van der Waals surface area contributed by atoms with E-state index < -0.39 is 17.8 Å². The molecule has 1 unspecified atom stereocenters. The smallest absolute Gasteiger partial charge is 0.399 e. The summed E-state index contributed by atoms with van der Waals surface area (Å²) in [6, 6.07) is 5.94. The van der Waals surface area contributed by atoms with Crippen molar-refractivity contribution in [3.05, 3.63) is 41.6 Å². The number of fused-ring (bicyclic) bond motifs is 1. The molecule has 1 aromatic carbocycles. The molecule has 0 radical (unpaired) electrons. The second-order valence-electron chi connectivity index (χ2n) is 10.6. The van der Waals surface area contributed by atoms with Crippen molar-refractivity contribution >= 4 is 34.2 Å². The van der Waals surface area contributed by atoms with E-state index in [2.05, 4.69) is 20.0 Å². The minimum Gasteiger partial charge on any atom is -0.399 e. The summed E-state index contributed by atoms with van der Waals surface area (Å²) in [5, 5.41) is 4.16. The standard InChI is InChI=1S/C27H33F3N8/c1-17(18-12-19(27(28,29)30)14-20(31)13-18)33-25-22-15-24(37-10-8-36(9-11-37)21-4-2-5-21)32-16-23(22)34-26(35-25)38-6-3-7-38/h12-17,21H,2-11,31H2,1H3,(H,33,34,35). The zero-order valence-electron chi connectivity index (χ0n) is 21.5. The van der Waals surface area contributed by atoms with Crippen LogP contribution in [0.3, 0.4) is 0 Å². The van der Waals surface area contributed by atoms with Crippen molar-refractivity contribution in [3.63, 3.8) is 0 Å². The fourth-order valence-electron chi connectivity index (χ4n) is 5.40. The highest BCUT2D eigenvalue weighted by Crippen LogP contribution is 2.35. The fraction of sp³-hybridized carbons (Fsp3) is 0.519. The number of nitrogens with two attached hydrogens (primary N) is 1. The first-order valence-electron chi connectivity index (χ1n) is 13.4. The van der Waals surface area contributed by atoms with Crippen LogP contribution in [0.25, 0.3) is 10.9 Å². The maximum Gasteiger partial charge on any atom is 0.416 e. The van der Waals surface area contributed by atoms with E-state index >= 15 is 0 Å². The van der Waals surface area contributed by atoms with Crippen molar-refractivity contribution in [1.29, 1.82) is 0 Å². The number of nitrogens with one attached hydrogen (secondary N) is 1. The van der Waals surface area contributed by atoms with Gasteiger partial charge < -0.3 is 20.9 Å². The molecule has 1 atom stereocenters. The number of halogens is 3. The second kappa shape index (κ2) is 9.76. The highest BCUT2D eigenvalue weighted by molar-refractivity contribution is 5.91. The van der Waals surface area contributed by atoms with Crippen LogP contribution in [0.2, 0.25) is 0 Å². The van der Waals surface area contributed by atoms with E-state index in [9.17, 15) is 13.2 Å². The molecule has 202 valence electrons. The molecule has 11 heteroatoms. The second-order valence-corrected chi connectivity index (χ2v) is 10.6. The van der Waals surface area contributed by atoms with E-state index in [0.717, 1.165) is 75.1 Å². The van der Waals surface area contributed by atoms with Gasteiger partial charge in [0.15, 0.2) is 0 Å². The van der Waals surface area contributed by atoms with Gasteiger partial charge in [-0.1, -0.05) is 6.42 Å². The number of anilines is 4. The first-order chi connectivity index (χ1) is 18.2. The van der Waals surface area contributed by atoms with Gasteiger partial charge in [-0.25, -0.2) is 9.97 Å². The summed E-state index contributed by atoms with van der Waals surface area (Å²) in [4.78, 5) is 21.3. The van der Waals surface area contributed by atoms with E-state index in [1.165, 1.54) is 19.3 Å². The Morgan fingerprint density at radius 3 is 2.34 bits per heavy atom. The number of benzene rings is 1. The lowest BCUT2D eigenvalue weighted by atomic mass is 9.91. The molecule has 2 aromatic heterocycles. The van der Waals surface area contributed by atoms with Crippen molar-refractivity contribution in [1.82, 2.24) is 19.9 Å². The van der Waals surface area contributed by atoms with Crippen LogP contribution >= 0.6 is 0 Å². The Morgan fingerprint density at radius 1 is 0.947 bits per heavy atom. The van der Waals surface area contributed by atoms with Gasteiger partial charge in [0.2, 0.25) is 5.95 Å². The predicted molar refractivity (Wildman–Crippen MR) is 143 cm³/mol. The van der Waals surface area contributed by atoms with Crippen molar-refractivity contribution in [2.45, 2.75) is 50.9 Å². The van der Waals surface area contributed by atoms with Crippen LogP contribution in [0.4, 0.5) is 36.4 Å². The molecule has 4 heterocycles. The van der Waals surface area contributed by atoms with E-state index in [1.54, 1.807) is 12.3 Å². The van der Waals surface area contributed by atoms with Crippen LogP contribution in [-0.2, 0) is 6.18 Å². The zero-order chi connectivity index (χ0) is 26.4. The van der Waals surface area contributed by atoms with Crippen LogP contribution in [0, 0.1) is 0 Å². The summed E-state index contributed by atoms with van der Waals surface area (Å²) in [5.74, 6) is 2.05. The number of aromatic nitrogens is 3. The van der Waals surface area contributed by atoms with Gasteiger partial charge in [0, 0.05) is 56.4 Å². The Kier molecular flexibility index (Phi) is 6.41. The molecule has 2 aliphatic heterocycles. The molecule has 3 aliphatic rings. The molecule has 6 rings (SSSR count). The molecule has 1 saturated carbocycles. The summed E-state index contributed by atoms with van der Waals surface area (Å²) < 4.78 is 40.3. The molecule has 0 bridgehead atoms. The summed E-state index contributed by atoms with van der Waals surface area (Å²) in [5.41, 5.74) is 6.29. The van der Waals surface area contributed by atoms with Gasteiger partial charge in [0.1, 0.15) is 11.6 Å². The third kappa shape index (κ3) is 4.91. The molecule has 1 aliphatic carbocycles. The Morgan fingerprint density at radius 2 is 1.71 bits per heavy atom. The minimum atomic E-state index is -4.47. The van der Waals surface area contributed by atoms with E-state index in [1.807, 2.05) is 13.0 Å². The van der Waals surface area contributed by atoms with Crippen molar-refractivity contribution in [2.75, 3.05) is 60.1 Å². The van der Waals surface area contributed by atoms with Gasteiger partial charge in [-0.3, -0.25) is 4.90 Å². The van der Waals surface area contributed by atoms with Crippen LogP contribution in [0.5, 0.6) is 0 Å². The molecule has 3 N–H and O–H groups in total. The van der Waals surface area contributed by atoms with Gasteiger partial charge in [0.05, 0.1) is 23.3 Å². The summed E-state index contributed by atoms with van der Waals surface area (Å²) in [6.07, 6.45) is 2.32. The lowest BCUT2D eigenvalue weighted by Gasteiger charge is -2.43. The number of rotatable bonds is 6. The Hall–Kier alpha value is -3.34. The van der Waals surface area contributed by atoms with Gasteiger partial charge in [-0.05, 0) is 56.0 Å². The molecule has 3 aromatic rings. The Bertz CT molecular complexity index is 1310. The average Bonchev–Trinajstić information content (AvgIpc) is 2.81. The first-order valence-corrected chi connectivity index (χ1v) is 13.4. The molecule has 38 heavy (non-hydrogen) atoms. The van der Waals surface area contributed by atoms with Crippen molar-refractivity contribution in [3.8, 4) is 0 Å². The maximum atomic E-state index is 13.4. The summed E-state index contributed by atoms with van der Waals surface area (Å²) in [6.45, 7) is 7.42. The highest BCUT2D eigenvalue weighted by Gasteiger charge is 2.32.